The van der Waals surface area contributed by atoms with Gasteiger partial charge >= 0.3 is 0 Å². The topological polar surface area (TPSA) is 26.3 Å². The fourth-order valence-electron chi connectivity index (χ4n) is 0.804. The summed E-state index contributed by atoms with van der Waals surface area (Å²) < 4.78 is 5.19. The Hall–Kier alpha value is -0.440. The number of halogens is 3. The molecule has 0 N–H and O–H groups in total. The Balaban J connectivity index is 2.85. The summed E-state index contributed by atoms with van der Waals surface area (Å²) >= 11 is 16.8. The summed E-state index contributed by atoms with van der Waals surface area (Å²) in [5, 5.41) is 0.291. The minimum absolute atomic E-state index is 0.348. The van der Waals surface area contributed by atoms with Crippen LogP contribution in [0.2, 0.25) is 10.0 Å². The van der Waals surface area contributed by atoms with Gasteiger partial charge < -0.3 is 4.74 Å². The van der Waals surface area contributed by atoms with E-state index in [0.29, 0.717) is 15.8 Å². The largest absolute Gasteiger partial charge is 0.480 e. The first-order chi connectivity index (χ1) is 6.50. The molecule has 1 atom stereocenters. The Labute approximate surface area is 96.7 Å². The van der Waals surface area contributed by atoms with Crippen molar-refractivity contribution in [2.75, 3.05) is 0 Å². The predicted molar refractivity (Wildman–Crippen MR) is 57.4 cm³/mol. The SMILES string of the molecule is C[C@@H](Oc1cc(Cl)ccc1Cl)C(=O)Cl. The maximum Gasteiger partial charge on any atom is 0.262 e. The highest BCUT2D eigenvalue weighted by Gasteiger charge is 2.13. The Bertz CT molecular complexity index is 352. The summed E-state index contributed by atoms with van der Waals surface area (Å²) in [5.74, 6) is 0.348. The molecule has 1 aromatic rings. The molecule has 0 saturated carbocycles. The van der Waals surface area contributed by atoms with Gasteiger partial charge in [-0.15, -0.1) is 0 Å². The van der Waals surface area contributed by atoms with Crippen LogP contribution in [0.15, 0.2) is 18.2 Å². The van der Waals surface area contributed by atoms with Gasteiger partial charge in [0.25, 0.3) is 5.24 Å². The van der Waals surface area contributed by atoms with Gasteiger partial charge in [-0.1, -0.05) is 23.2 Å². The Morgan fingerprint density at radius 3 is 2.64 bits per heavy atom. The Morgan fingerprint density at radius 1 is 1.43 bits per heavy atom. The first-order valence-corrected chi connectivity index (χ1v) is 4.95. The van der Waals surface area contributed by atoms with Crippen LogP contribution in [0.1, 0.15) is 6.92 Å². The lowest BCUT2D eigenvalue weighted by atomic mass is 10.3. The molecule has 0 aliphatic rings. The van der Waals surface area contributed by atoms with E-state index in [1.807, 2.05) is 0 Å². The van der Waals surface area contributed by atoms with E-state index in [1.165, 1.54) is 13.0 Å². The lowest BCUT2D eigenvalue weighted by molar-refractivity contribution is -0.117. The van der Waals surface area contributed by atoms with Crippen molar-refractivity contribution in [1.29, 1.82) is 0 Å². The predicted octanol–water partition coefficient (Wildman–Crippen LogP) is 3.53. The maximum absolute atomic E-state index is 10.7. The number of carbonyl (C=O) groups is 1. The first-order valence-electron chi connectivity index (χ1n) is 3.81. The third kappa shape index (κ3) is 3.05. The van der Waals surface area contributed by atoms with Crippen LogP contribution >= 0.6 is 34.8 Å². The van der Waals surface area contributed by atoms with Gasteiger partial charge in [0.05, 0.1) is 5.02 Å². The monoisotopic (exact) mass is 252 g/mol. The average Bonchev–Trinajstić information content (AvgIpc) is 2.11. The number of ether oxygens (including phenoxy) is 1. The molecule has 1 aromatic carbocycles. The molecule has 0 unspecified atom stereocenters. The third-order valence-corrected chi connectivity index (χ3v) is 2.37. The zero-order valence-electron chi connectivity index (χ0n) is 7.26. The molecule has 5 heteroatoms. The van der Waals surface area contributed by atoms with E-state index in [-0.39, 0.29) is 0 Å². The van der Waals surface area contributed by atoms with Crippen LogP contribution in [0.25, 0.3) is 0 Å². The second kappa shape index (κ2) is 4.87. The Kier molecular flexibility index (Phi) is 4.05. The molecule has 0 bridgehead atoms. The van der Waals surface area contributed by atoms with Gasteiger partial charge in [-0.05, 0) is 30.7 Å². The van der Waals surface area contributed by atoms with Gasteiger partial charge in [0.15, 0.2) is 6.10 Å². The van der Waals surface area contributed by atoms with Crippen LogP contribution in [0, 0.1) is 0 Å². The molecule has 0 aliphatic carbocycles. The summed E-state index contributed by atoms with van der Waals surface area (Å²) in [7, 11) is 0. The number of benzene rings is 1. The molecule has 0 spiro atoms. The molecule has 0 aromatic heterocycles. The van der Waals surface area contributed by atoms with Crippen molar-refractivity contribution < 1.29 is 9.53 Å². The molecule has 0 amide bonds. The van der Waals surface area contributed by atoms with E-state index in [4.69, 9.17) is 39.5 Å². The van der Waals surface area contributed by atoms with E-state index in [0.717, 1.165) is 0 Å². The Morgan fingerprint density at radius 2 is 2.07 bits per heavy atom. The molecule has 1 rings (SSSR count). The lowest BCUT2D eigenvalue weighted by Gasteiger charge is -2.11. The number of hydrogen-bond acceptors (Lipinski definition) is 2. The van der Waals surface area contributed by atoms with Crippen molar-refractivity contribution in [1.82, 2.24) is 0 Å². The molecule has 0 saturated heterocycles. The van der Waals surface area contributed by atoms with Crippen LogP contribution in [0.5, 0.6) is 5.75 Å². The quantitative estimate of drug-likeness (QED) is 0.770. The van der Waals surface area contributed by atoms with E-state index in [1.54, 1.807) is 12.1 Å². The minimum Gasteiger partial charge on any atom is -0.480 e. The van der Waals surface area contributed by atoms with E-state index in [9.17, 15) is 4.79 Å². The molecule has 0 radical (unpaired) electrons. The number of carbonyl (C=O) groups excluding carboxylic acids is 1. The van der Waals surface area contributed by atoms with Crippen molar-refractivity contribution in [2.45, 2.75) is 13.0 Å². The molecule has 0 fully saturated rings. The van der Waals surface area contributed by atoms with Crippen molar-refractivity contribution in [3.05, 3.63) is 28.2 Å². The average molecular weight is 254 g/mol. The van der Waals surface area contributed by atoms with Gasteiger partial charge in [-0.2, -0.15) is 0 Å². The summed E-state index contributed by atoms with van der Waals surface area (Å²) in [5.41, 5.74) is 0. The molecule has 0 aliphatic heterocycles. The first kappa shape index (κ1) is 11.6. The van der Waals surface area contributed by atoms with Gasteiger partial charge in [0.1, 0.15) is 5.75 Å². The normalized spacial score (nSPS) is 12.3. The zero-order chi connectivity index (χ0) is 10.7. The van der Waals surface area contributed by atoms with E-state index >= 15 is 0 Å². The fraction of sp³-hybridized carbons (Fsp3) is 0.222. The molecule has 76 valence electrons. The maximum atomic E-state index is 10.7. The minimum atomic E-state index is -0.743. The second-order valence-corrected chi connectivity index (χ2v) is 3.86. The zero-order valence-corrected chi connectivity index (χ0v) is 9.53. The van der Waals surface area contributed by atoms with Crippen molar-refractivity contribution >= 4 is 40.0 Å². The van der Waals surface area contributed by atoms with Crippen LogP contribution < -0.4 is 4.74 Å². The highest BCUT2D eigenvalue weighted by atomic mass is 35.5. The van der Waals surface area contributed by atoms with Crippen molar-refractivity contribution in [2.24, 2.45) is 0 Å². The van der Waals surface area contributed by atoms with Crippen LogP contribution in [0.4, 0.5) is 0 Å². The summed E-state index contributed by atoms with van der Waals surface area (Å²) in [6, 6.07) is 4.74. The summed E-state index contributed by atoms with van der Waals surface area (Å²) in [6.07, 6.45) is -0.743. The number of hydrogen-bond donors (Lipinski definition) is 0. The van der Waals surface area contributed by atoms with Gasteiger partial charge in [0, 0.05) is 11.1 Å². The summed E-state index contributed by atoms with van der Waals surface area (Å²) in [4.78, 5) is 10.7. The van der Waals surface area contributed by atoms with Crippen LogP contribution in [-0.2, 0) is 4.79 Å². The highest BCUT2D eigenvalue weighted by Crippen LogP contribution is 2.28. The van der Waals surface area contributed by atoms with Gasteiger partial charge in [-0.25, -0.2) is 0 Å². The second-order valence-electron chi connectivity index (χ2n) is 2.64. The lowest BCUT2D eigenvalue weighted by Crippen LogP contribution is -2.19. The van der Waals surface area contributed by atoms with E-state index < -0.39 is 11.3 Å². The number of rotatable bonds is 3. The molecular weight excluding hydrogens is 246 g/mol. The van der Waals surface area contributed by atoms with Gasteiger partial charge in [-0.3, -0.25) is 4.79 Å². The summed E-state index contributed by atoms with van der Waals surface area (Å²) in [6.45, 7) is 1.53. The molecule has 14 heavy (non-hydrogen) atoms. The van der Waals surface area contributed by atoms with Crippen LogP contribution in [-0.4, -0.2) is 11.3 Å². The smallest absolute Gasteiger partial charge is 0.262 e. The molecular formula is C9H7Cl3O2. The van der Waals surface area contributed by atoms with Gasteiger partial charge in [0.2, 0.25) is 0 Å². The van der Waals surface area contributed by atoms with E-state index in [2.05, 4.69) is 0 Å². The third-order valence-electron chi connectivity index (χ3n) is 1.52. The highest BCUT2D eigenvalue weighted by molar-refractivity contribution is 6.64. The fourth-order valence-corrected chi connectivity index (χ4v) is 1.17. The van der Waals surface area contributed by atoms with Crippen molar-refractivity contribution in [3.63, 3.8) is 0 Å². The molecule has 2 nitrogen and oxygen atoms in total. The molecule has 0 heterocycles. The van der Waals surface area contributed by atoms with Crippen LogP contribution in [0.3, 0.4) is 0 Å². The van der Waals surface area contributed by atoms with Crippen molar-refractivity contribution in [3.8, 4) is 5.75 Å². The standard InChI is InChI=1S/C9H7Cl3O2/c1-5(9(12)13)14-8-4-6(10)2-3-7(8)11/h2-5H,1H3/t5-/m1/s1.